The van der Waals surface area contributed by atoms with Crippen molar-refractivity contribution in [1.82, 2.24) is 4.90 Å². The quantitative estimate of drug-likeness (QED) is 0.635. The Balaban J connectivity index is 2.73. The summed E-state index contributed by atoms with van der Waals surface area (Å²) in [5.74, 6) is 0.399. The van der Waals surface area contributed by atoms with Crippen LogP contribution in [-0.4, -0.2) is 58.0 Å². The molecule has 21 heavy (non-hydrogen) atoms. The maximum atomic E-state index is 6.07. The lowest BCUT2D eigenvalue weighted by Crippen LogP contribution is -2.46. The third kappa shape index (κ3) is 6.14. The molecule has 1 aromatic carbocycles. The van der Waals surface area contributed by atoms with E-state index in [9.17, 15) is 0 Å². The smallest absolute Gasteiger partial charge is 0.0589 e. The molecule has 0 aliphatic heterocycles. The first-order valence-corrected chi connectivity index (χ1v) is 7.71. The van der Waals surface area contributed by atoms with Gasteiger partial charge in [-0.1, -0.05) is 37.3 Å². The summed E-state index contributed by atoms with van der Waals surface area (Å²) in [5.41, 5.74) is 7.41. The van der Waals surface area contributed by atoms with E-state index in [1.54, 1.807) is 14.2 Å². The van der Waals surface area contributed by atoms with Gasteiger partial charge < -0.3 is 15.2 Å². The summed E-state index contributed by atoms with van der Waals surface area (Å²) < 4.78 is 10.4. The molecule has 120 valence electrons. The van der Waals surface area contributed by atoms with Gasteiger partial charge in [-0.2, -0.15) is 0 Å². The molecule has 0 fully saturated rings. The second-order valence-corrected chi connectivity index (χ2v) is 5.38. The fraction of sp³-hybridized carbons (Fsp3) is 0.647. The minimum atomic E-state index is 0.319. The summed E-state index contributed by atoms with van der Waals surface area (Å²) in [6.45, 7) is 6.29. The molecule has 0 amide bonds. The van der Waals surface area contributed by atoms with Crippen molar-refractivity contribution in [1.29, 1.82) is 0 Å². The maximum absolute atomic E-state index is 6.07. The van der Waals surface area contributed by atoms with Crippen molar-refractivity contribution in [3.63, 3.8) is 0 Å². The highest BCUT2D eigenvalue weighted by molar-refractivity contribution is 5.20. The summed E-state index contributed by atoms with van der Waals surface area (Å²) >= 11 is 0. The van der Waals surface area contributed by atoms with Gasteiger partial charge in [-0.25, -0.2) is 0 Å². The molecule has 0 aliphatic carbocycles. The van der Waals surface area contributed by atoms with Crippen molar-refractivity contribution < 1.29 is 9.47 Å². The minimum absolute atomic E-state index is 0.319. The lowest BCUT2D eigenvalue weighted by Gasteiger charge is -2.35. The van der Waals surface area contributed by atoms with Gasteiger partial charge in [0.25, 0.3) is 0 Å². The Kier molecular flexibility index (Phi) is 9.26. The van der Waals surface area contributed by atoms with Gasteiger partial charge in [0.1, 0.15) is 0 Å². The molecule has 0 saturated carbocycles. The number of methoxy groups -OCH3 is 2. The molecule has 0 spiro atoms. The first-order chi connectivity index (χ1) is 10.2. The van der Waals surface area contributed by atoms with Crippen LogP contribution in [0.15, 0.2) is 30.3 Å². The largest absolute Gasteiger partial charge is 0.385 e. The highest BCUT2D eigenvalue weighted by Crippen LogP contribution is 2.22. The Morgan fingerprint density at radius 2 is 1.71 bits per heavy atom. The van der Waals surface area contributed by atoms with E-state index in [1.807, 2.05) is 0 Å². The van der Waals surface area contributed by atoms with Crippen molar-refractivity contribution >= 4 is 0 Å². The van der Waals surface area contributed by atoms with Crippen LogP contribution in [0.2, 0.25) is 0 Å². The van der Waals surface area contributed by atoms with Gasteiger partial charge in [-0.15, -0.1) is 0 Å². The topological polar surface area (TPSA) is 47.7 Å². The second-order valence-electron chi connectivity index (χ2n) is 5.38. The molecule has 0 saturated heterocycles. The fourth-order valence-corrected chi connectivity index (χ4v) is 2.71. The Morgan fingerprint density at radius 1 is 1.05 bits per heavy atom. The van der Waals surface area contributed by atoms with Crippen molar-refractivity contribution in [2.24, 2.45) is 5.73 Å². The van der Waals surface area contributed by atoms with Crippen molar-refractivity contribution in [2.45, 2.75) is 25.3 Å². The summed E-state index contributed by atoms with van der Waals surface area (Å²) in [6, 6.07) is 10.9. The normalized spacial score (nSPS) is 14.3. The minimum Gasteiger partial charge on any atom is -0.385 e. The van der Waals surface area contributed by atoms with Gasteiger partial charge in [0.2, 0.25) is 0 Å². The van der Waals surface area contributed by atoms with Gasteiger partial charge in [-0.3, -0.25) is 4.90 Å². The number of benzene rings is 1. The zero-order chi connectivity index (χ0) is 15.5. The standard InChI is InChI=1S/C17H30N2O2/c1-15(16-8-5-4-6-9-16)17(14-18)19(11-13-21-3)10-7-12-20-2/h4-6,8-9,15,17H,7,10-14,18H2,1-3H3. The third-order valence-electron chi connectivity index (χ3n) is 3.99. The van der Waals surface area contributed by atoms with Crippen molar-refractivity contribution in [3.8, 4) is 0 Å². The molecule has 1 aromatic rings. The third-order valence-corrected chi connectivity index (χ3v) is 3.99. The van der Waals surface area contributed by atoms with Crippen LogP contribution in [0.1, 0.15) is 24.8 Å². The zero-order valence-electron chi connectivity index (χ0n) is 13.6. The van der Waals surface area contributed by atoms with E-state index in [-0.39, 0.29) is 0 Å². The average Bonchev–Trinajstić information content (AvgIpc) is 2.53. The first kappa shape index (κ1) is 18.1. The Hall–Kier alpha value is -0.940. The van der Waals surface area contributed by atoms with E-state index < -0.39 is 0 Å². The number of hydrogen-bond acceptors (Lipinski definition) is 4. The van der Waals surface area contributed by atoms with Crippen LogP contribution in [0.25, 0.3) is 0 Å². The van der Waals surface area contributed by atoms with Gasteiger partial charge >= 0.3 is 0 Å². The van der Waals surface area contributed by atoms with Crippen LogP contribution in [0.4, 0.5) is 0 Å². The van der Waals surface area contributed by atoms with E-state index >= 15 is 0 Å². The van der Waals surface area contributed by atoms with Gasteiger partial charge in [0.15, 0.2) is 0 Å². The summed E-state index contributed by atoms with van der Waals surface area (Å²) in [7, 11) is 3.48. The monoisotopic (exact) mass is 294 g/mol. The van der Waals surface area contributed by atoms with E-state index in [0.29, 0.717) is 18.5 Å². The molecule has 0 bridgehead atoms. The SMILES string of the molecule is COCCCN(CCOC)C(CN)C(C)c1ccccc1. The number of nitrogens with zero attached hydrogens (tertiary/aromatic N) is 1. The summed E-state index contributed by atoms with van der Waals surface area (Å²) in [5, 5.41) is 0. The summed E-state index contributed by atoms with van der Waals surface area (Å²) in [6.07, 6.45) is 1.01. The van der Waals surface area contributed by atoms with Gasteiger partial charge in [0, 0.05) is 46.5 Å². The molecular weight excluding hydrogens is 264 g/mol. The lowest BCUT2D eigenvalue weighted by molar-refractivity contribution is 0.100. The molecule has 0 radical (unpaired) electrons. The summed E-state index contributed by atoms with van der Waals surface area (Å²) in [4.78, 5) is 2.43. The Bertz CT molecular complexity index is 359. The predicted molar refractivity (Wildman–Crippen MR) is 87.6 cm³/mol. The molecule has 2 N–H and O–H groups in total. The second kappa shape index (κ2) is 10.7. The highest BCUT2D eigenvalue weighted by Gasteiger charge is 2.23. The number of rotatable bonds is 11. The molecule has 2 unspecified atom stereocenters. The van der Waals surface area contributed by atoms with Crippen LogP contribution >= 0.6 is 0 Å². The van der Waals surface area contributed by atoms with Crippen molar-refractivity contribution in [3.05, 3.63) is 35.9 Å². The van der Waals surface area contributed by atoms with E-state index in [1.165, 1.54) is 5.56 Å². The molecule has 4 nitrogen and oxygen atoms in total. The highest BCUT2D eigenvalue weighted by atomic mass is 16.5. The zero-order valence-corrected chi connectivity index (χ0v) is 13.6. The van der Waals surface area contributed by atoms with Crippen LogP contribution < -0.4 is 5.73 Å². The molecular formula is C17H30N2O2. The Labute approximate surface area is 129 Å². The van der Waals surface area contributed by atoms with Crippen LogP contribution in [0.3, 0.4) is 0 Å². The first-order valence-electron chi connectivity index (χ1n) is 7.71. The molecule has 2 atom stereocenters. The van der Waals surface area contributed by atoms with E-state index in [2.05, 4.69) is 42.2 Å². The number of hydrogen-bond donors (Lipinski definition) is 1. The van der Waals surface area contributed by atoms with Crippen LogP contribution in [-0.2, 0) is 9.47 Å². The fourth-order valence-electron chi connectivity index (χ4n) is 2.71. The van der Waals surface area contributed by atoms with Gasteiger partial charge in [-0.05, 0) is 17.9 Å². The van der Waals surface area contributed by atoms with Crippen LogP contribution in [0, 0.1) is 0 Å². The molecule has 4 heteroatoms. The maximum Gasteiger partial charge on any atom is 0.0589 e. The number of ether oxygens (including phenoxy) is 2. The predicted octanol–water partition coefficient (Wildman–Crippen LogP) is 2.10. The molecule has 0 aromatic heterocycles. The molecule has 0 heterocycles. The Morgan fingerprint density at radius 3 is 2.29 bits per heavy atom. The number of nitrogens with two attached hydrogens (primary N) is 1. The van der Waals surface area contributed by atoms with Gasteiger partial charge in [0.05, 0.1) is 6.61 Å². The van der Waals surface area contributed by atoms with E-state index in [4.69, 9.17) is 15.2 Å². The molecule has 0 aliphatic rings. The van der Waals surface area contributed by atoms with Crippen molar-refractivity contribution in [2.75, 3.05) is 47.1 Å². The average molecular weight is 294 g/mol. The van der Waals surface area contributed by atoms with E-state index in [0.717, 1.165) is 32.7 Å². The molecule has 1 rings (SSSR count). The lowest BCUT2D eigenvalue weighted by atomic mass is 9.92. The van der Waals surface area contributed by atoms with Crippen LogP contribution in [0.5, 0.6) is 0 Å².